The van der Waals surface area contributed by atoms with E-state index in [1.165, 1.54) is 35.3 Å². The maximum absolute atomic E-state index is 12.9. The van der Waals surface area contributed by atoms with Gasteiger partial charge in [-0.15, -0.1) is 0 Å². The van der Waals surface area contributed by atoms with Crippen molar-refractivity contribution < 1.29 is 13.6 Å². The first-order valence-electron chi connectivity index (χ1n) is 7.58. The average molecular weight is 355 g/mol. The highest BCUT2D eigenvalue weighted by atomic mass is 19.3. The third kappa shape index (κ3) is 2.92. The number of hydrogen-bond donors (Lipinski definition) is 0. The van der Waals surface area contributed by atoms with E-state index in [1.54, 1.807) is 23.4 Å². The van der Waals surface area contributed by atoms with E-state index in [2.05, 4.69) is 24.9 Å². The molecular formula is C16H11F2N7O. The zero-order chi connectivity index (χ0) is 18.1. The molecule has 4 rings (SSSR count). The summed E-state index contributed by atoms with van der Waals surface area (Å²) in [6.07, 6.45) is 7.23. The lowest BCUT2D eigenvalue weighted by Gasteiger charge is -2.16. The molecule has 8 nitrogen and oxygen atoms in total. The van der Waals surface area contributed by atoms with Gasteiger partial charge in [-0.05, 0) is 6.07 Å². The zero-order valence-corrected chi connectivity index (χ0v) is 13.2. The molecule has 1 amide bonds. The van der Waals surface area contributed by atoms with Crippen molar-refractivity contribution in [2.24, 2.45) is 4.99 Å². The van der Waals surface area contributed by atoms with E-state index in [0.29, 0.717) is 29.5 Å². The third-order valence-corrected chi connectivity index (χ3v) is 3.70. The Bertz CT molecular complexity index is 1040. The predicted molar refractivity (Wildman–Crippen MR) is 89.0 cm³/mol. The number of halogens is 2. The number of nitrogens with zero attached hydrogens (tertiary/aromatic N) is 7. The fraction of sp³-hybridized carbons (Fsp3) is 0.125. The molecule has 0 spiro atoms. The van der Waals surface area contributed by atoms with Gasteiger partial charge in [0.25, 0.3) is 12.3 Å². The summed E-state index contributed by atoms with van der Waals surface area (Å²) >= 11 is 0. The molecular weight excluding hydrogens is 344 g/mol. The lowest BCUT2D eigenvalue weighted by Crippen LogP contribution is -2.19. The van der Waals surface area contributed by atoms with E-state index in [1.807, 2.05) is 0 Å². The maximum atomic E-state index is 12.9. The first-order valence-corrected chi connectivity index (χ1v) is 7.58. The lowest BCUT2D eigenvalue weighted by molar-refractivity contribution is -0.113. The summed E-state index contributed by atoms with van der Waals surface area (Å²) < 4.78 is 27.3. The molecule has 0 atom stereocenters. The molecule has 0 unspecified atom stereocenters. The van der Waals surface area contributed by atoms with E-state index >= 15 is 0 Å². The standard InChI is InChI=1S/C16H11F2N7O/c17-15(18)10-9-25-11(7-22-13(25)8-21-10)16-20-3-1-12(23-16)24-5-2-14(26)19-4-6-24/h1-5,7-9,15H,6H2. The fourth-order valence-electron chi connectivity index (χ4n) is 2.46. The van der Waals surface area contributed by atoms with Crippen molar-refractivity contribution in [1.29, 1.82) is 0 Å². The highest BCUT2D eigenvalue weighted by molar-refractivity contribution is 5.96. The van der Waals surface area contributed by atoms with Gasteiger partial charge < -0.3 is 4.90 Å². The number of aliphatic imine (C=N–C) groups is 1. The van der Waals surface area contributed by atoms with Gasteiger partial charge in [0.2, 0.25) is 0 Å². The highest BCUT2D eigenvalue weighted by Crippen LogP contribution is 2.22. The second kappa shape index (κ2) is 6.39. The molecule has 0 bridgehead atoms. The van der Waals surface area contributed by atoms with Gasteiger partial charge in [-0.2, -0.15) is 0 Å². The Morgan fingerprint density at radius 1 is 1.15 bits per heavy atom. The summed E-state index contributed by atoms with van der Waals surface area (Å²) in [5.74, 6) is 0.489. The molecule has 0 radical (unpaired) electrons. The quantitative estimate of drug-likeness (QED) is 0.714. The minimum absolute atomic E-state index is 0.308. The van der Waals surface area contributed by atoms with Crippen molar-refractivity contribution in [3.8, 4) is 11.5 Å². The van der Waals surface area contributed by atoms with Crippen LogP contribution in [0.25, 0.3) is 17.2 Å². The van der Waals surface area contributed by atoms with Crippen molar-refractivity contribution in [1.82, 2.24) is 24.3 Å². The van der Waals surface area contributed by atoms with E-state index in [-0.39, 0.29) is 11.6 Å². The van der Waals surface area contributed by atoms with Crippen LogP contribution >= 0.6 is 0 Å². The number of hydrogen-bond acceptors (Lipinski definition) is 6. The number of carbonyl (C=O) groups excluding carboxylic acids is 1. The number of alkyl halides is 2. The normalized spacial score (nSPS) is 14.4. The molecule has 1 aliphatic rings. The van der Waals surface area contributed by atoms with Crippen LogP contribution in [0.15, 0.2) is 48.1 Å². The molecule has 10 heteroatoms. The van der Waals surface area contributed by atoms with Crippen molar-refractivity contribution >= 4 is 23.6 Å². The van der Waals surface area contributed by atoms with Crippen LogP contribution in [0.1, 0.15) is 12.1 Å². The lowest BCUT2D eigenvalue weighted by atomic mass is 10.4. The molecule has 0 N–H and O–H groups in total. The first-order chi connectivity index (χ1) is 12.6. The Morgan fingerprint density at radius 2 is 2.04 bits per heavy atom. The van der Waals surface area contributed by atoms with Crippen molar-refractivity contribution in [3.05, 3.63) is 48.8 Å². The Kier molecular flexibility index (Phi) is 3.92. The van der Waals surface area contributed by atoms with Gasteiger partial charge in [-0.1, -0.05) is 0 Å². The zero-order valence-electron chi connectivity index (χ0n) is 13.2. The van der Waals surface area contributed by atoms with E-state index in [0.717, 1.165) is 0 Å². The number of imidazole rings is 1. The number of amides is 1. The number of rotatable bonds is 3. The van der Waals surface area contributed by atoms with Gasteiger partial charge in [0, 0.05) is 30.9 Å². The van der Waals surface area contributed by atoms with Crippen LogP contribution in [0, 0.1) is 0 Å². The number of fused-ring (bicyclic) bond motifs is 1. The largest absolute Gasteiger partial charge is 0.327 e. The van der Waals surface area contributed by atoms with Crippen LogP contribution in [0.3, 0.4) is 0 Å². The van der Waals surface area contributed by atoms with Crippen LogP contribution < -0.4 is 4.90 Å². The first kappa shape index (κ1) is 15.9. The Balaban J connectivity index is 1.76. The van der Waals surface area contributed by atoms with Gasteiger partial charge in [0.1, 0.15) is 17.2 Å². The second-order valence-corrected chi connectivity index (χ2v) is 5.34. The van der Waals surface area contributed by atoms with E-state index in [4.69, 9.17) is 0 Å². The monoisotopic (exact) mass is 355 g/mol. The van der Waals surface area contributed by atoms with Crippen LogP contribution in [-0.2, 0) is 4.79 Å². The fourth-order valence-corrected chi connectivity index (χ4v) is 2.46. The Morgan fingerprint density at radius 3 is 2.88 bits per heavy atom. The SMILES string of the molecule is O=C1C=CN(c2ccnc(-c3cnc4cnc(C(F)F)cn34)n2)CC=N1. The summed E-state index contributed by atoms with van der Waals surface area (Å²) in [5.41, 5.74) is 0.499. The minimum Gasteiger partial charge on any atom is -0.327 e. The molecule has 3 aromatic heterocycles. The summed E-state index contributed by atoms with van der Waals surface area (Å²) in [5, 5.41) is 0. The maximum Gasteiger partial charge on any atom is 0.281 e. The highest BCUT2D eigenvalue weighted by Gasteiger charge is 2.15. The van der Waals surface area contributed by atoms with Crippen LogP contribution in [0.4, 0.5) is 14.6 Å². The Hall–Kier alpha value is -3.56. The topological polar surface area (TPSA) is 88.6 Å². The van der Waals surface area contributed by atoms with Crippen molar-refractivity contribution in [2.75, 3.05) is 11.4 Å². The Labute approximate surface area is 145 Å². The third-order valence-electron chi connectivity index (χ3n) is 3.70. The van der Waals surface area contributed by atoms with Crippen LogP contribution in [-0.4, -0.2) is 43.0 Å². The minimum atomic E-state index is -2.69. The molecule has 0 aliphatic carbocycles. The number of aromatic nitrogens is 5. The van der Waals surface area contributed by atoms with Gasteiger partial charge in [0.05, 0.1) is 18.9 Å². The average Bonchev–Trinajstić information content (AvgIpc) is 2.95. The predicted octanol–water partition coefficient (Wildman–Crippen LogP) is 2.05. The smallest absolute Gasteiger partial charge is 0.281 e. The molecule has 130 valence electrons. The van der Waals surface area contributed by atoms with E-state index < -0.39 is 6.43 Å². The van der Waals surface area contributed by atoms with Gasteiger partial charge in [-0.3, -0.25) is 9.20 Å². The van der Waals surface area contributed by atoms with Crippen LogP contribution in [0.2, 0.25) is 0 Å². The molecule has 3 aromatic rings. The number of anilines is 1. The molecule has 26 heavy (non-hydrogen) atoms. The van der Waals surface area contributed by atoms with Crippen LogP contribution in [0.5, 0.6) is 0 Å². The van der Waals surface area contributed by atoms with Gasteiger partial charge >= 0.3 is 0 Å². The summed E-state index contributed by atoms with van der Waals surface area (Å²) in [7, 11) is 0. The van der Waals surface area contributed by atoms with E-state index in [9.17, 15) is 13.6 Å². The summed E-state index contributed by atoms with van der Waals surface area (Å²) in [4.78, 5) is 33.2. The van der Waals surface area contributed by atoms with Crippen molar-refractivity contribution in [3.63, 3.8) is 0 Å². The van der Waals surface area contributed by atoms with Crippen molar-refractivity contribution in [2.45, 2.75) is 6.43 Å². The molecule has 1 aliphatic heterocycles. The molecule has 0 fully saturated rings. The van der Waals surface area contributed by atoms with Gasteiger partial charge in [-0.25, -0.2) is 33.7 Å². The summed E-state index contributed by atoms with van der Waals surface area (Å²) in [6, 6.07) is 1.67. The molecule has 0 saturated carbocycles. The molecule has 4 heterocycles. The summed E-state index contributed by atoms with van der Waals surface area (Å²) in [6.45, 7) is 0.366. The second-order valence-electron chi connectivity index (χ2n) is 5.34. The van der Waals surface area contributed by atoms with Gasteiger partial charge in [0.15, 0.2) is 11.5 Å². The molecule has 0 saturated heterocycles. The number of carbonyl (C=O) groups is 1. The molecule has 0 aromatic carbocycles.